The quantitative estimate of drug-likeness (QED) is 0.634. The van der Waals surface area contributed by atoms with Crippen LogP contribution in [0, 0.1) is 18.3 Å². The molecule has 2 heterocycles. The second-order valence-corrected chi connectivity index (χ2v) is 9.64. The van der Waals surface area contributed by atoms with Gasteiger partial charge in [0.25, 0.3) is 5.91 Å². The summed E-state index contributed by atoms with van der Waals surface area (Å²) in [4.78, 5) is 19.5. The molecule has 2 atom stereocenters. The zero-order chi connectivity index (χ0) is 22.3. The molecule has 1 saturated heterocycles. The number of nitrogens with one attached hydrogen (secondary N) is 1. The van der Waals surface area contributed by atoms with Crippen molar-refractivity contribution in [2.75, 3.05) is 25.4 Å². The molecular formula is C26H30N4O2. The Bertz CT molecular complexity index is 1050. The van der Waals surface area contributed by atoms with E-state index < -0.39 is 0 Å². The highest BCUT2D eigenvalue weighted by molar-refractivity contribution is 5.99. The fourth-order valence-corrected chi connectivity index (χ4v) is 5.58. The molecule has 2 aromatic rings. The zero-order valence-corrected chi connectivity index (χ0v) is 18.3. The molecular weight excluding hydrogens is 400 g/mol. The predicted molar refractivity (Wildman–Crippen MR) is 125 cm³/mol. The van der Waals surface area contributed by atoms with E-state index in [0.717, 1.165) is 43.6 Å². The van der Waals surface area contributed by atoms with E-state index in [1.807, 2.05) is 6.07 Å². The van der Waals surface area contributed by atoms with Gasteiger partial charge in [0.1, 0.15) is 5.82 Å². The number of terminal acetylenes is 1. The first kappa shape index (κ1) is 21.0. The normalized spacial score (nSPS) is 29.2. The van der Waals surface area contributed by atoms with E-state index in [1.54, 1.807) is 6.20 Å². The maximum atomic E-state index is 12.8. The number of likely N-dealkylation sites (tertiary alicyclic amines) is 1. The van der Waals surface area contributed by atoms with Crippen LogP contribution in [0.25, 0.3) is 11.1 Å². The molecule has 0 unspecified atom stereocenters. The number of amides is 1. The van der Waals surface area contributed by atoms with E-state index >= 15 is 0 Å². The molecule has 6 heteroatoms. The lowest BCUT2D eigenvalue weighted by Gasteiger charge is -2.26. The van der Waals surface area contributed by atoms with Crippen molar-refractivity contribution in [3.63, 3.8) is 0 Å². The minimum absolute atomic E-state index is 0.0689. The van der Waals surface area contributed by atoms with Crippen molar-refractivity contribution in [1.29, 1.82) is 0 Å². The van der Waals surface area contributed by atoms with Gasteiger partial charge in [-0.3, -0.25) is 9.69 Å². The van der Waals surface area contributed by atoms with Gasteiger partial charge in [-0.2, -0.15) is 0 Å². The summed E-state index contributed by atoms with van der Waals surface area (Å²) in [6.07, 6.45) is 11.2. The van der Waals surface area contributed by atoms with Gasteiger partial charge in [-0.1, -0.05) is 30.2 Å². The molecule has 1 amide bonds. The Morgan fingerprint density at radius 3 is 2.72 bits per heavy atom. The third-order valence-corrected chi connectivity index (χ3v) is 7.52. The van der Waals surface area contributed by atoms with E-state index in [2.05, 4.69) is 45.4 Å². The molecule has 0 spiro atoms. The lowest BCUT2D eigenvalue weighted by Crippen LogP contribution is -2.38. The first-order chi connectivity index (χ1) is 15.5. The van der Waals surface area contributed by atoms with Crippen molar-refractivity contribution in [1.82, 2.24) is 15.2 Å². The van der Waals surface area contributed by atoms with Crippen molar-refractivity contribution in [2.45, 2.75) is 49.7 Å². The van der Waals surface area contributed by atoms with Gasteiger partial charge in [0, 0.05) is 36.3 Å². The molecule has 166 valence electrons. The smallest absolute Gasteiger partial charge is 0.255 e. The van der Waals surface area contributed by atoms with Crippen molar-refractivity contribution in [2.24, 2.45) is 5.92 Å². The second kappa shape index (κ2) is 8.23. The molecule has 6 nitrogen and oxygen atoms in total. The Kier molecular flexibility index (Phi) is 5.40. The van der Waals surface area contributed by atoms with E-state index in [-0.39, 0.29) is 29.3 Å². The molecule has 1 aliphatic heterocycles. The van der Waals surface area contributed by atoms with Gasteiger partial charge in [0.05, 0.1) is 18.2 Å². The predicted octanol–water partition coefficient (Wildman–Crippen LogP) is 2.57. The molecule has 1 aromatic carbocycles. The van der Waals surface area contributed by atoms with E-state index in [4.69, 9.17) is 12.2 Å². The number of aliphatic hydroxyl groups is 1. The summed E-state index contributed by atoms with van der Waals surface area (Å²) in [6.45, 7) is 2.85. The zero-order valence-electron chi connectivity index (χ0n) is 18.3. The summed E-state index contributed by atoms with van der Waals surface area (Å²) in [5, 5.41) is 12.7. The second-order valence-electron chi connectivity index (χ2n) is 9.64. The molecule has 2 saturated carbocycles. The lowest BCUT2D eigenvalue weighted by molar-refractivity contribution is 0.0868. The number of benzene rings is 1. The number of anilines is 1. The number of nitrogens with two attached hydrogens (primary N) is 1. The van der Waals surface area contributed by atoms with Gasteiger partial charge in [0.2, 0.25) is 0 Å². The molecule has 4 N–H and O–H groups in total. The van der Waals surface area contributed by atoms with Crippen LogP contribution in [0.15, 0.2) is 36.5 Å². The van der Waals surface area contributed by atoms with Crippen LogP contribution in [0.4, 0.5) is 5.82 Å². The molecule has 5 rings (SSSR count). The third-order valence-electron chi connectivity index (χ3n) is 7.52. The topological polar surface area (TPSA) is 91.5 Å². The summed E-state index contributed by atoms with van der Waals surface area (Å²) >= 11 is 0. The molecule has 32 heavy (non-hydrogen) atoms. The lowest BCUT2D eigenvalue weighted by atomic mass is 9.92. The molecule has 3 fully saturated rings. The minimum Gasteiger partial charge on any atom is -0.393 e. The van der Waals surface area contributed by atoms with Crippen molar-refractivity contribution in [3.8, 4) is 23.5 Å². The number of piperidine rings is 1. The van der Waals surface area contributed by atoms with Crippen molar-refractivity contribution < 1.29 is 9.90 Å². The van der Waals surface area contributed by atoms with Crippen molar-refractivity contribution in [3.05, 3.63) is 47.7 Å². The van der Waals surface area contributed by atoms with Gasteiger partial charge in [0.15, 0.2) is 0 Å². The maximum Gasteiger partial charge on any atom is 0.255 e. The average Bonchev–Trinajstić information content (AvgIpc) is 3.37. The summed E-state index contributed by atoms with van der Waals surface area (Å²) in [5.41, 5.74) is 9.95. The van der Waals surface area contributed by atoms with Crippen LogP contribution >= 0.6 is 0 Å². The molecule has 1 aromatic heterocycles. The molecule has 2 aliphatic carbocycles. The van der Waals surface area contributed by atoms with Crippen LogP contribution in [-0.2, 0) is 5.41 Å². The van der Waals surface area contributed by atoms with Gasteiger partial charge >= 0.3 is 0 Å². The number of hydrogen-bond donors (Lipinski definition) is 3. The average molecular weight is 431 g/mol. The van der Waals surface area contributed by atoms with Gasteiger partial charge in [-0.15, -0.1) is 6.42 Å². The van der Waals surface area contributed by atoms with Crippen LogP contribution in [0.3, 0.4) is 0 Å². The van der Waals surface area contributed by atoms with Crippen LogP contribution in [0.1, 0.15) is 48.0 Å². The number of hydrogen-bond acceptors (Lipinski definition) is 5. The number of nitrogen functional groups attached to an aromatic ring is 1. The molecule has 3 aliphatic rings. The Morgan fingerprint density at radius 2 is 2.00 bits per heavy atom. The number of aromatic nitrogens is 1. The van der Waals surface area contributed by atoms with Gasteiger partial charge in [-0.25, -0.2) is 4.98 Å². The highest BCUT2D eigenvalue weighted by atomic mass is 16.3. The van der Waals surface area contributed by atoms with E-state index in [1.165, 1.54) is 12.0 Å². The highest BCUT2D eigenvalue weighted by Crippen LogP contribution is 2.59. The van der Waals surface area contributed by atoms with Crippen molar-refractivity contribution >= 4 is 11.7 Å². The maximum absolute atomic E-state index is 12.8. The summed E-state index contributed by atoms with van der Waals surface area (Å²) in [7, 11) is 0. The van der Waals surface area contributed by atoms with Gasteiger partial charge in [-0.05, 0) is 55.2 Å². The third kappa shape index (κ3) is 3.87. The van der Waals surface area contributed by atoms with Crippen LogP contribution in [-0.4, -0.2) is 52.7 Å². The number of carbonyl (C=O) groups excluding carboxylic acids is 1. The molecule has 0 radical (unpaired) electrons. The Hall–Kier alpha value is -2.88. The fraction of sp³-hybridized carbons (Fsp3) is 0.462. The van der Waals surface area contributed by atoms with E-state index in [0.29, 0.717) is 24.3 Å². The Labute approximate surface area is 189 Å². The number of pyridine rings is 1. The molecule has 0 bridgehead atoms. The number of aliphatic hydroxyl groups excluding tert-OH is 1. The monoisotopic (exact) mass is 430 g/mol. The van der Waals surface area contributed by atoms with Crippen LogP contribution < -0.4 is 11.1 Å². The number of nitrogens with zero attached hydrogens (tertiary/aromatic N) is 2. The Balaban J connectivity index is 1.30. The fourth-order valence-electron chi connectivity index (χ4n) is 5.58. The minimum atomic E-state index is -0.253. The number of carbonyl (C=O) groups is 1. The Morgan fingerprint density at radius 1 is 1.25 bits per heavy atom. The SMILES string of the molecule is C#CCN1C[C@H]2C[C@@]2(c2ccc(-c3cnc(N)c(C(=O)NC4CCC(O)CC4)c3)cc2)C1. The van der Waals surface area contributed by atoms with E-state index in [9.17, 15) is 9.90 Å². The summed E-state index contributed by atoms with van der Waals surface area (Å²) in [6, 6.07) is 10.5. The number of rotatable bonds is 5. The largest absolute Gasteiger partial charge is 0.393 e. The highest BCUT2D eigenvalue weighted by Gasteiger charge is 2.60. The first-order valence-electron chi connectivity index (χ1n) is 11.5. The van der Waals surface area contributed by atoms with Crippen LogP contribution in [0.2, 0.25) is 0 Å². The summed E-state index contributed by atoms with van der Waals surface area (Å²) in [5.74, 6) is 3.50. The number of fused-ring (bicyclic) bond motifs is 1. The summed E-state index contributed by atoms with van der Waals surface area (Å²) < 4.78 is 0. The van der Waals surface area contributed by atoms with Gasteiger partial charge < -0.3 is 16.2 Å². The first-order valence-corrected chi connectivity index (χ1v) is 11.5. The standard InChI is InChI=1S/C26H30N4O2/c1-2-11-30-15-20-13-26(20,16-30)19-5-3-17(4-6-19)18-12-23(24(27)28-14-18)25(32)29-21-7-9-22(31)10-8-21/h1,3-6,12,14,20-22,31H,7-11,13,15-16H2,(H2,27,28)(H,29,32)/t20-,21?,22?,26+/m1/s1. The van der Waals surface area contributed by atoms with Crippen LogP contribution in [0.5, 0.6) is 0 Å².